The molecule has 2 aromatic rings. The normalized spacial score (nSPS) is 13.6. The van der Waals surface area contributed by atoms with Crippen LogP contribution in [0.2, 0.25) is 0 Å². The highest BCUT2D eigenvalue weighted by Crippen LogP contribution is 2.29. The van der Waals surface area contributed by atoms with E-state index in [0.29, 0.717) is 12.6 Å². The Morgan fingerprint density at radius 2 is 2.13 bits per heavy atom. The van der Waals surface area contributed by atoms with Gasteiger partial charge in [-0.3, -0.25) is 0 Å². The van der Waals surface area contributed by atoms with Crippen molar-refractivity contribution >= 4 is 23.1 Å². The van der Waals surface area contributed by atoms with Crippen LogP contribution in [0.5, 0.6) is 5.75 Å². The number of thiophene rings is 1. The number of hydrogen-bond acceptors (Lipinski definition) is 3. The Labute approximate surface area is 141 Å². The largest absolute Gasteiger partial charge is 0.492 e. The third-order valence-corrected chi connectivity index (χ3v) is 4.79. The first-order valence-electron chi connectivity index (χ1n) is 8.09. The van der Waals surface area contributed by atoms with Crippen LogP contribution in [0.1, 0.15) is 24.6 Å². The van der Waals surface area contributed by atoms with E-state index < -0.39 is 0 Å². The second kappa shape index (κ2) is 7.51. The summed E-state index contributed by atoms with van der Waals surface area (Å²) < 4.78 is 5.58. The number of para-hydroxylation sites is 2. The summed E-state index contributed by atoms with van der Waals surface area (Å²) in [7, 11) is 0. The van der Waals surface area contributed by atoms with Gasteiger partial charge in [-0.25, -0.2) is 4.79 Å². The number of rotatable bonds is 7. The van der Waals surface area contributed by atoms with Crippen LogP contribution in [0.3, 0.4) is 0 Å². The lowest BCUT2D eigenvalue weighted by molar-refractivity contribution is 0.209. The van der Waals surface area contributed by atoms with E-state index in [1.165, 1.54) is 4.88 Å². The quantitative estimate of drug-likeness (QED) is 0.818. The van der Waals surface area contributed by atoms with E-state index in [1.54, 1.807) is 11.3 Å². The maximum atomic E-state index is 12.7. The summed E-state index contributed by atoms with van der Waals surface area (Å²) in [6.07, 6.45) is 3.12. The number of ether oxygens (including phenoxy) is 1. The molecule has 1 aromatic carbocycles. The van der Waals surface area contributed by atoms with E-state index in [4.69, 9.17) is 4.74 Å². The average Bonchev–Trinajstić information content (AvgIpc) is 3.25. The van der Waals surface area contributed by atoms with Crippen LogP contribution in [0.4, 0.5) is 10.5 Å². The van der Waals surface area contributed by atoms with Gasteiger partial charge in [-0.1, -0.05) is 18.2 Å². The van der Waals surface area contributed by atoms with Crippen molar-refractivity contribution in [1.82, 2.24) is 4.90 Å². The van der Waals surface area contributed by atoms with Crippen molar-refractivity contribution < 1.29 is 9.53 Å². The minimum Gasteiger partial charge on any atom is -0.492 e. The Hall–Kier alpha value is -2.01. The van der Waals surface area contributed by atoms with Crippen molar-refractivity contribution in [2.45, 2.75) is 32.2 Å². The summed E-state index contributed by atoms with van der Waals surface area (Å²) in [6.45, 7) is 3.28. The second-order valence-corrected chi connectivity index (χ2v) is 6.65. The molecule has 0 atom stereocenters. The molecule has 1 heterocycles. The molecule has 1 N–H and O–H groups in total. The van der Waals surface area contributed by atoms with Crippen LogP contribution < -0.4 is 10.1 Å². The number of hydrogen-bond donors (Lipinski definition) is 1. The van der Waals surface area contributed by atoms with Gasteiger partial charge in [-0.2, -0.15) is 0 Å². The fourth-order valence-corrected chi connectivity index (χ4v) is 3.26. The minimum atomic E-state index is -0.0313. The number of carbonyl (C=O) groups excluding carboxylic acids is 1. The monoisotopic (exact) mass is 330 g/mol. The van der Waals surface area contributed by atoms with Gasteiger partial charge in [0.1, 0.15) is 5.75 Å². The van der Waals surface area contributed by atoms with Crippen molar-refractivity contribution in [2.24, 2.45) is 0 Å². The zero-order chi connectivity index (χ0) is 16.1. The maximum absolute atomic E-state index is 12.7. The SMILES string of the molecule is CCOc1ccccc1NC(=O)N(CCc1cccs1)C1CC1. The first-order valence-corrected chi connectivity index (χ1v) is 8.97. The van der Waals surface area contributed by atoms with Gasteiger partial charge in [0.25, 0.3) is 0 Å². The van der Waals surface area contributed by atoms with Gasteiger partial charge in [0, 0.05) is 17.5 Å². The lowest BCUT2D eigenvalue weighted by Gasteiger charge is -2.23. The van der Waals surface area contributed by atoms with Gasteiger partial charge in [0.05, 0.1) is 12.3 Å². The molecule has 23 heavy (non-hydrogen) atoms. The highest BCUT2D eigenvalue weighted by atomic mass is 32.1. The van der Waals surface area contributed by atoms with Gasteiger partial charge < -0.3 is 15.0 Å². The van der Waals surface area contributed by atoms with E-state index in [-0.39, 0.29) is 6.03 Å². The van der Waals surface area contributed by atoms with E-state index in [9.17, 15) is 4.79 Å². The van der Waals surface area contributed by atoms with Gasteiger partial charge >= 0.3 is 6.03 Å². The molecule has 0 bridgehead atoms. The Morgan fingerprint density at radius 1 is 1.30 bits per heavy atom. The molecule has 3 rings (SSSR count). The van der Waals surface area contributed by atoms with Crippen molar-refractivity contribution in [1.29, 1.82) is 0 Å². The molecule has 2 amide bonds. The molecule has 122 valence electrons. The lowest BCUT2D eigenvalue weighted by Crippen LogP contribution is -2.38. The molecule has 0 saturated heterocycles. The summed E-state index contributed by atoms with van der Waals surface area (Å²) in [5.74, 6) is 0.720. The van der Waals surface area contributed by atoms with E-state index in [1.807, 2.05) is 36.1 Å². The van der Waals surface area contributed by atoms with E-state index >= 15 is 0 Å². The molecule has 1 fully saturated rings. The standard InChI is InChI=1S/C18H22N2O2S/c1-2-22-17-8-4-3-7-16(17)19-18(21)20(14-9-10-14)12-11-15-6-5-13-23-15/h3-8,13-14H,2,9-12H2,1H3,(H,19,21). The molecule has 1 aliphatic carbocycles. The Balaban J connectivity index is 1.64. The fourth-order valence-electron chi connectivity index (χ4n) is 2.56. The second-order valence-electron chi connectivity index (χ2n) is 5.61. The zero-order valence-corrected chi connectivity index (χ0v) is 14.1. The Bertz CT molecular complexity index is 638. The summed E-state index contributed by atoms with van der Waals surface area (Å²) in [4.78, 5) is 16.0. The van der Waals surface area contributed by atoms with E-state index in [0.717, 1.165) is 37.2 Å². The van der Waals surface area contributed by atoms with Crippen molar-refractivity contribution in [3.63, 3.8) is 0 Å². The lowest BCUT2D eigenvalue weighted by atomic mass is 10.3. The summed E-state index contributed by atoms with van der Waals surface area (Å²) in [6, 6.07) is 12.1. The predicted molar refractivity (Wildman–Crippen MR) is 94.4 cm³/mol. The third-order valence-electron chi connectivity index (χ3n) is 3.86. The number of benzene rings is 1. The van der Waals surface area contributed by atoms with Gasteiger partial charge in [-0.05, 0) is 49.8 Å². The van der Waals surface area contributed by atoms with Gasteiger partial charge in [0.15, 0.2) is 0 Å². The van der Waals surface area contributed by atoms with Crippen LogP contribution in [0.25, 0.3) is 0 Å². The molecule has 0 radical (unpaired) electrons. The first-order chi connectivity index (χ1) is 11.3. The van der Waals surface area contributed by atoms with Crippen LogP contribution in [0.15, 0.2) is 41.8 Å². The summed E-state index contributed by atoms with van der Waals surface area (Å²) in [5, 5.41) is 5.09. The Morgan fingerprint density at radius 3 is 2.83 bits per heavy atom. The molecular formula is C18H22N2O2S. The smallest absolute Gasteiger partial charge is 0.322 e. The molecule has 0 spiro atoms. The van der Waals surface area contributed by atoms with Crippen LogP contribution in [-0.2, 0) is 6.42 Å². The average molecular weight is 330 g/mol. The number of nitrogens with one attached hydrogen (secondary N) is 1. The van der Waals surface area contributed by atoms with Gasteiger partial charge in [-0.15, -0.1) is 11.3 Å². The number of anilines is 1. The molecule has 1 aliphatic rings. The van der Waals surface area contributed by atoms with Crippen LogP contribution in [0, 0.1) is 0 Å². The first kappa shape index (κ1) is 15.9. The summed E-state index contributed by atoms with van der Waals surface area (Å²) in [5.41, 5.74) is 0.737. The van der Waals surface area contributed by atoms with Gasteiger partial charge in [0.2, 0.25) is 0 Å². The molecular weight excluding hydrogens is 308 g/mol. The third kappa shape index (κ3) is 4.26. The molecule has 0 aliphatic heterocycles. The predicted octanol–water partition coefficient (Wildman–Crippen LogP) is 4.39. The van der Waals surface area contributed by atoms with Crippen LogP contribution in [-0.4, -0.2) is 30.1 Å². The highest BCUT2D eigenvalue weighted by Gasteiger charge is 2.32. The number of amides is 2. The fraction of sp³-hybridized carbons (Fsp3) is 0.389. The van der Waals surface area contributed by atoms with Crippen LogP contribution >= 0.6 is 11.3 Å². The van der Waals surface area contributed by atoms with Crippen molar-refractivity contribution in [3.05, 3.63) is 46.7 Å². The van der Waals surface area contributed by atoms with E-state index in [2.05, 4.69) is 22.8 Å². The van der Waals surface area contributed by atoms with Crippen molar-refractivity contribution in [2.75, 3.05) is 18.5 Å². The highest BCUT2D eigenvalue weighted by molar-refractivity contribution is 7.09. The maximum Gasteiger partial charge on any atom is 0.322 e. The van der Waals surface area contributed by atoms with Crippen molar-refractivity contribution in [3.8, 4) is 5.75 Å². The number of nitrogens with zero attached hydrogens (tertiary/aromatic N) is 1. The molecule has 1 aromatic heterocycles. The molecule has 0 unspecified atom stereocenters. The molecule has 5 heteroatoms. The number of carbonyl (C=O) groups is 1. The minimum absolute atomic E-state index is 0.0313. The zero-order valence-electron chi connectivity index (χ0n) is 13.3. The molecule has 4 nitrogen and oxygen atoms in total. The Kier molecular flexibility index (Phi) is 5.18. The topological polar surface area (TPSA) is 41.6 Å². The number of urea groups is 1. The molecule has 1 saturated carbocycles. The summed E-state index contributed by atoms with van der Waals surface area (Å²) >= 11 is 1.74.